The van der Waals surface area contributed by atoms with Gasteiger partial charge in [-0.05, 0) is 31.2 Å². The Morgan fingerprint density at radius 3 is 3.22 bits per heavy atom. The Labute approximate surface area is 113 Å². The van der Waals surface area contributed by atoms with E-state index in [1.165, 1.54) is 11.3 Å². The van der Waals surface area contributed by atoms with Gasteiger partial charge in [-0.2, -0.15) is 0 Å². The number of thiophene rings is 1. The summed E-state index contributed by atoms with van der Waals surface area (Å²) in [5.74, 6) is 0. The predicted molar refractivity (Wildman–Crippen MR) is 72.9 cm³/mol. The van der Waals surface area contributed by atoms with Gasteiger partial charge in [-0.1, -0.05) is 6.07 Å². The molecule has 1 aliphatic heterocycles. The monoisotopic (exact) mass is 267 g/mol. The van der Waals surface area contributed by atoms with E-state index >= 15 is 0 Å². The summed E-state index contributed by atoms with van der Waals surface area (Å²) >= 11 is 1.85. The second-order valence-corrected chi connectivity index (χ2v) is 6.06. The summed E-state index contributed by atoms with van der Waals surface area (Å²) in [6.45, 7) is 5.83. The molecular formula is C14H21NO2S. The minimum atomic E-state index is 0.290. The van der Waals surface area contributed by atoms with E-state index in [0.717, 1.165) is 32.7 Å². The molecule has 2 heterocycles. The van der Waals surface area contributed by atoms with Crippen LogP contribution in [0.1, 0.15) is 24.6 Å². The highest BCUT2D eigenvalue weighted by atomic mass is 32.1. The molecule has 3 nitrogen and oxygen atoms in total. The van der Waals surface area contributed by atoms with Crippen molar-refractivity contribution in [1.82, 2.24) is 4.90 Å². The van der Waals surface area contributed by atoms with Crippen molar-refractivity contribution in [2.24, 2.45) is 0 Å². The average molecular weight is 267 g/mol. The lowest BCUT2D eigenvalue weighted by Gasteiger charge is -2.38. The first-order valence-corrected chi connectivity index (χ1v) is 7.76. The molecule has 1 aromatic heterocycles. The Bertz CT molecular complexity index is 368. The molecular weight excluding hydrogens is 246 g/mol. The van der Waals surface area contributed by atoms with Crippen LogP contribution in [0.5, 0.6) is 0 Å². The summed E-state index contributed by atoms with van der Waals surface area (Å²) in [7, 11) is 0. The highest BCUT2D eigenvalue weighted by Crippen LogP contribution is 2.33. The zero-order valence-corrected chi connectivity index (χ0v) is 11.7. The van der Waals surface area contributed by atoms with Crippen molar-refractivity contribution in [2.75, 3.05) is 19.8 Å². The fourth-order valence-corrected chi connectivity index (χ4v) is 3.91. The lowest BCUT2D eigenvalue weighted by atomic mass is 10.1. The molecule has 1 saturated carbocycles. The second-order valence-electron chi connectivity index (χ2n) is 5.02. The molecule has 1 aliphatic carbocycles. The SMILES string of the molecule is CCO[C@@H]1CC[C@H]2[C@H]1OCCN2Cc1cccs1. The number of rotatable bonds is 4. The van der Waals surface area contributed by atoms with Gasteiger partial charge in [0.25, 0.3) is 0 Å². The van der Waals surface area contributed by atoms with Crippen LogP contribution in [0.25, 0.3) is 0 Å². The molecule has 1 aromatic rings. The van der Waals surface area contributed by atoms with Gasteiger partial charge in [0.2, 0.25) is 0 Å². The standard InChI is InChI=1S/C14H21NO2S/c1-2-16-13-6-5-12-14(13)17-8-7-15(12)10-11-4-3-9-18-11/h3-4,9,12-14H,2,5-8,10H2,1H3/t12-,13+,14+/m0/s1. The first kappa shape index (κ1) is 12.6. The predicted octanol–water partition coefficient (Wildman–Crippen LogP) is 2.52. The summed E-state index contributed by atoms with van der Waals surface area (Å²) in [6.07, 6.45) is 2.95. The lowest BCUT2D eigenvalue weighted by Crippen LogP contribution is -2.51. The zero-order chi connectivity index (χ0) is 12.4. The van der Waals surface area contributed by atoms with Crippen LogP contribution < -0.4 is 0 Å². The third kappa shape index (κ3) is 2.48. The summed E-state index contributed by atoms with van der Waals surface area (Å²) < 4.78 is 11.8. The Balaban J connectivity index is 1.66. The first-order valence-electron chi connectivity index (χ1n) is 6.88. The van der Waals surface area contributed by atoms with E-state index in [0.29, 0.717) is 18.2 Å². The van der Waals surface area contributed by atoms with Crippen molar-refractivity contribution in [2.45, 2.75) is 44.6 Å². The molecule has 2 aliphatic rings. The topological polar surface area (TPSA) is 21.7 Å². The van der Waals surface area contributed by atoms with Crippen LogP contribution in [0, 0.1) is 0 Å². The van der Waals surface area contributed by atoms with Gasteiger partial charge in [0, 0.05) is 30.6 Å². The molecule has 0 amide bonds. The van der Waals surface area contributed by atoms with Crippen LogP contribution in [-0.2, 0) is 16.0 Å². The van der Waals surface area contributed by atoms with Crippen molar-refractivity contribution in [3.8, 4) is 0 Å². The molecule has 2 fully saturated rings. The maximum atomic E-state index is 5.95. The smallest absolute Gasteiger partial charge is 0.0992 e. The van der Waals surface area contributed by atoms with Crippen molar-refractivity contribution < 1.29 is 9.47 Å². The molecule has 4 heteroatoms. The highest BCUT2D eigenvalue weighted by molar-refractivity contribution is 7.09. The first-order chi connectivity index (χ1) is 8.88. The minimum absolute atomic E-state index is 0.290. The Morgan fingerprint density at radius 2 is 2.44 bits per heavy atom. The van der Waals surface area contributed by atoms with Gasteiger partial charge < -0.3 is 9.47 Å². The van der Waals surface area contributed by atoms with E-state index in [4.69, 9.17) is 9.47 Å². The number of ether oxygens (including phenoxy) is 2. The molecule has 0 N–H and O–H groups in total. The number of hydrogen-bond donors (Lipinski definition) is 0. The van der Waals surface area contributed by atoms with Crippen LogP contribution in [-0.4, -0.2) is 42.9 Å². The van der Waals surface area contributed by atoms with Crippen LogP contribution in [0.15, 0.2) is 17.5 Å². The summed E-state index contributed by atoms with van der Waals surface area (Å²) in [4.78, 5) is 4.04. The van der Waals surface area contributed by atoms with Crippen LogP contribution in [0.3, 0.4) is 0 Å². The number of nitrogens with zero attached hydrogens (tertiary/aromatic N) is 1. The molecule has 100 valence electrons. The molecule has 0 unspecified atom stereocenters. The van der Waals surface area contributed by atoms with Gasteiger partial charge >= 0.3 is 0 Å². The van der Waals surface area contributed by atoms with Crippen molar-refractivity contribution >= 4 is 11.3 Å². The van der Waals surface area contributed by atoms with Gasteiger partial charge in [0.15, 0.2) is 0 Å². The van der Waals surface area contributed by atoms with E-state index < -0.39 is 0 Å². The maximum absolute atomic E-state index is 5.95. The highest BCUT2D eigenvalue weighted by Gasteiger charge is 2.43. The molecule has 18 heavy (non-hydrogen) atoms. The van der Waals surface area contributed by atoms with Gasteiger partial charge in [-0.3, -0.25) is 4.90 Å². The second kappa shape index (κ2) is 5.70. The Kier molecular flexibility index (Phi) is 3.99. The van der Waals surface area contributed by atoms with Gasteiger partial charge in [-0.25, -0.2) is 0 Å². The van der Waals surface area contributed by atoms with E-state index in [1.807, 2.05) is 11.3 Å². The van der Waals surface area contributed by atoms with E-state index in [1.54, 1.807) is 0 Å². The third-order valence-electron chi connectivity index (χ3n) is 3.97. The molecule has 3 atom stereocenters. The number of fused-ring (bicyclic) bond motifs is 1. The van der Waals surface area contributed by atoms with E-state index in [-0.39, 0.29) is 0 Å². The van der Waals surface area contributed by atoms with Gasteiger partial charge in [0.1, 0.15) is 0 Å². The fourth-order valence-electron chi connectivity index (χ4n) is 3.18. The van der Waals surface area contributed by atoms with Crippen molar-refractivity contribution in [3.63, 3.8) is 0 Å². The van der Waals surface area contributed by atoms with Crippen molar-refractivity contribution in [1.29, 1.82) is 0 Å². The lowest BCUT2D eigenvalue weighted by molar-refractivity contribution is -0.113. The zero-order valence-electron chi connectivity index (χ0n) is 10.9. The molecule has 1 saturated heterocycles. The third-order valence-corrected chi connectivity index (χ3v) is 4.83. The van der Waals surface area contributed by atoms with Gasteiger partial charge in [0.05, 0.1) is 18.8 Å². The number of hydrogen-bond acceptors (Lipinski definition) is 4. The fraction of sp³-hybridized carbons (Fsp3) is 0.714. The molecule has 0 bridgehead atoms. The van der Waals surface area contributed by atoms with Crippen molar-refractivity contribution in [3.05, 3.63) is 22.4 Å². The maximum Gasteiger partial charge on any atom is 0.0992 e. The summed E-state index contributed by atoms with van der Waals surface area (Å²) in [6, 6.07) is 4.91. The largest absolute Gasteiger partial charge is 0.376 e. The Morgan fingerprint density at radius 1 is 1.50 bits per heavy atom. The van der Waals surface area contributed by atoms with Crippen LogP contribution in [0.2, 0.25) is 0 Å². The van der Waals surface area contributed by atoms with Gasteiger partial charge in [-0.15, -0.1) is 11.3 Å². The molecule has 0 aromatic carbocycles. The molecule has 0 radical (unpaired) electrons. The minimum Gasteiger partial charge on any atom is -0.376 e. The number of morpholine rings is 1. The summed E-state index contributed by atoms with van der Waals surface area (Å²) in [5, 5.41) is 2.16. The quantitative estimate of drug-likeness (QED) is 0.836. The van der Waals surface area contributed by atoms with Crippen LogP contribution >= 0.6 is 11.3 Å². The summed E-state index contributed by atoms with van der Waals surface area (Å²) in [5.41, 5.74) is 0. The van der Waals surface area contributed by atoms with E-state index in [2.05, 4.69) is 29.3 Å². The van der Waals surface area contributed by atoms with E-state index in [9.17, 15) is 0 Å². The normalized spacial score (nSPS) is 32.6. The molecule has 0 spiro atoms. The van der Waals surface area contributed by atoms with Crippen LogP contribution in [0.4, 0.5) is 0 Å². The Hall–Kier alpha value is -0.420. The molecule has 3 rings (SSSR count). The average Bonchev–Trinajstić information content (AvgIpc) is 3.01.